The first-order chi connectivity index (χ1) is 10.7. The van der Waals surface area contributed by atoms with E-state index >= 15 is 0 Å². The minimum Gasteiger partial charge on any atom is -0.488 e. The summed E-state index contributed by atoms with van der Waals surface area (Å²) in [7, 11) is 0. The predicted octanol–water partition coefficient (Wildman–Crippen LogP) is 2.67. The van der Waals surface area contributed by atoms with Gasteiger partial charge in [-0.3, -0.25) is 4.90 Å². The van der Waals surface area contributed by atoms with E-state index in [1.54, 1.807) is 20.8 Å². The third kappa shape index (κ3) is 4.58. The Kier molecular flexibility index (Phi) is 4.77. The SMILES string of the molecule is CC(C)(C)OC(=O)N1C[C@@H](Oc2ccc(F)cc2)C[C@H]1C(=O)O. The number of carbonyl (C=O) groups excluding carboxylic acids is 1. The van der Waals surface area contributed by atoms with Gasteiger partial charge in [0, 0.05) is 6.42 Å². The Morgan fingerprint density at radius 3 is 2.39 bits per heavy atom. The lowest BCUT2D eigenvalue weighted by Gasteiger charge is -2.26. The summed E-state index contributed by atoms with van der Waals surface area (Å²) in [6.07, 6.45) is -1.03. The third-order valence-electron chi connectivity index (χ3n) is 3.29. The molecule has 1 aromatic carbocycles. The average Bonchev–Trinajstić information content (AvgIpc) is 2.84. The standard InChI is InChI=1S/C16H20FNO5/c1-16(2,3)23-15(21)18-9-12(8-13(18)14(19)20)22-11-6-4-10(17)5-7-11/h4-7,12-13H,8-9H2,1-3H3,(H,19,20)/t12-,13-/m0/s1. The Balaban J connectivity index is 2.06. The Morgan fingerprint density at radius 2 is 1.87 bits per heavy atom. The number of carbonyl (C=O) groups is 2. The van der Waals surface area contributed by atoms with Gasteiger partial charge in [0.05, 0.1) is 6.54 Å². The second-order valence-electron chi connectivity index (χ2n) is 6.42. The number of ether oxygens (including phenoxy) is 2. The van der Waals surface area contributed by atoms with Gasteiger partial charge in [0.15, 0.2) is 0 Å². The normalized spacial score (nSPS) is 21.1. The second-order valence-corrected chi connectivity index (χ2v) is 6.42. The highest BCUT2D eigenvalue weighted by molar-refractivity contribution is 5.81. The molecule has 1 aliphatic heterocycles. The first kappa shape index (κ1) is 17.1. The van der Waals surface area contributed by atoms with Crippen molar-refractivity contribution in [3.63, 3.8) is 0 Å². The molecule has 0 saturated carbocycles. The smallest absolute Gasteiger partial charge is 0.411 e. The zero-order valence-corrected chi connectivity index (χ0v) is 13.3. The molecular formula is C16H20FNO5. The lowest BCUT2D eigenvalue weighted by molar-refractivity contribution is -0.142. The van der Waals surface area contributed by atoms with Crippen molar-refractivity contribution in [1.82, 2.24) is 4.90 Å². The average molecular weight is 325 g/mol. The fourth-order valence-electron chi connectivity index (χ4n) is 2.34. The van der Waals surface area contributed by atoms with Crippen LogP contribution in [-0.2, 0) is 9.53 Å². The Labute approximate surface area is 133 Å². The first-order valence-corrected chi connectivity index (χ1v) is 7.30. The van der Waals surface area contributed by atoms with Crippen LogP contribution in [0.1, 0.15) is 27.2 Å². The highest BCUT2D eigenvalue weighted by Gasteiger charge is 2.42. The molecule has 1 amide bonds. The number of halogens is 1. The molecule has 1 saturated heterocycles. The molecule has 1 heterocycles. The van der Waals surface area contributed by atoms with E-state index in [2.05, 4.69) is 0 Å². The van der Waals surface area contributed by atoms with Gasteiger partial charge in [0.25, 0.3) is 0 Å². The van der Waals surface area contributed by atoms with E-state index in [0.717, 1.165) is 4.90 Å². The van der Waals surface area contributed by atoms with Crippen molar-refractivity contribution < 1.29 is 28.6 Å². The van der Waals surface area contributed by atoms with Crippen molar-refractivity contribution in [2.75, 3.05) is 6.54 Å². The van der Waals surface area contributed by atoms with Gasteiger partial charge >= 0.3 is 12.1 Å². The summed E-state index contributed by atoms with van der Waals surface area (Å²) in [6.45, 7) is 5.24. The third-order valence-corrected chi connectivity index (χ3v) is 3.29. The Bertz CT molecular complexity index is 581. The number of hydrogen-bond donors (Lipinski definition) is 1. The molecule has 1 fully saturated rings. The lowest BCUT2D eigenvalue weighted by Crippen LogP contribution is -2.43. The van der Waals surface area contributed by atoms with E-state index in [1.807, 2.05) is 0 Å². The molecule has 0 aliphatic carbocycles. The number of carboxylic acids is 1. The van der Waals surface area contributed by atoms with Gasteiger partial charge in [-0.25, -0.2) is 14.0 Å². The van der Waals surface area contributed by atoms with Gasteiger partial charge in [-0.1, -0.05) is 0 Å². The molecule has 2 atom stereocenters. The molecule has 0 radical (unpaired) electrons. The zero-order valence-electron chi connectivity index (χ0n) is 13.3. The highest BCUT2D eigenvalue weighted by Crippen LogP contribution is 2.25. The first-order valence-electron chi connectivity index (χ1n) is 7.30. The summed E-state index contributed by atoms with van der Waals surface area (Å²) in [6, 6.07) is 4.42. The summed E-state index contributed by atoms with van der Waals surface area (Å²) in [5, 5.41) is 9.30. The van der Waals surface area contributed by atoms with E-state index < -0.39 is 29.8 Å². The van der Waals surface area contributed by atoms with Crippen molar-refractivity contribution in [3.05, 3.63) is 30.1 Å². The maximum absolute atomic E-state index is 12.9. The molecule has 0 aromatic heterocycles. The number of amides is 1. The van der Waals surface area contributed by atoms with Crippen molar-refractivity contribution in [3.8, 4) is 5.75 Å². The van der Waals surface area contributed by atoms with E-state index in [4.69, 9.17) is 9.47 Å². The number of benzene rings is 1. The van der Waals surface area contributed by atoms with Gasteiger partial charge in [-0.05, 0) is 45.0 Å². The number of carboxylic acid groups (broad SMARTS) is 1. The van der Waals surface area contributed by atoms with Gasteiger partial charge in [-0.15, -0.1) is 0 Å². The molecule has 6 nitrogen and oxygen atoms in total. The van der Waals surface area contributed by atoms with Crippen LogP contribution in [-0.4, -0.2) is 46.4 Å². The minimum atomic E-state index is -1.11. The minimum absolute atomic E-state index is 0.100. The monoisotopic (exact) mass is 325 g/mol. The number of hydrogen-bond acceptors (Lipinski definition) is 4. The molecule has 0 spiro atoms. The highest BCUT2D eigenvalue weighted by atomic mass is 19.1. The number of rotatable bonds is 3. The van der Waals surface area contributed by atoms with Crippen LogP contribution in [0.5, 0.6) is 5.75 Å². The number of aliphatic carboxylic acids is 1. The fraction of sp³-hybridized carbons (Fsp3) is 0.500. The van der Waals surface area contributed by atoms with E-state index in [9.17, 15) is 19.1 Å². The lowest BCUT2D eigenvalue weighted by atomic mass is 10.2. The largest absolute Gasteiger partial charge is 0.488 e. The molecule has 23 heavy (non-hydrogen) atoms. The summed E-state index contributed by atoms with van der Waals surface area (Å²) < 4.78 is 23.8. The van der Waals surface area contributed by atoms with Gasteiger partial charge in [0.2, 0.25) is 0 Å². The maximum atomic E-state index is 12.9. The zero-order chi connectivity index (χ0) is 17.2. The summed E-state index contributed by atoms with van der Waals surface area (Å²) in [5.74, 6) is -1.07. The Hall–Kier alpha value is -2.31. The van der Waals surface area contributed by atoms with Gasteiger partial charge in [0.1, 0.15) is 29.3 Å². The summed E-state index contributed by atoms with van der Waals surface area (Å²) in [5.41, 5.74) is -0.712. The van der Waals surface area contributed by atoms with Gasteiger partial charge in [-0.2, -0.15) is 0 Å². The topological polar surface area (TPSA) is 76.1 Å². The molecule has 126 valence electrons. The Morgan fingerprint density at radius 1 is 1.26 bits per heavy atom. The molecule has 2 rings (SSSR count). The predicted molar refractivity (Wildman–Crippen MR) is 79.8 cm³/mol. The molecule has 7 heteroatoms. The molecule has 1 aliphatic rings. The fourth-order valence-corrected chi connectivity index (χ4v) is 2.34. The molecule has 0 unspecified atom stereocenters. The molecule has 0 bridgehead atoms. The van der Waals surface area contributed by atoms with Crippen LogP contribution in [0.25, 0.3) is 0 Å². The van der Waals surface area contributed by atoms with Crippen LogP contribution in [0.3, 0.4) is 0 Å². The number of likely N-dealkylation sites (tertiary alicyclic amines) is 1. The molecule has 1 N–H and O–H groups in total. The van der Waals surface area contributed by atoms with E-state index in [1.165, 1.54) is 24.3 Å². The summed E-state index contributed by atoms with van der Waals surface area (Å²) in [4.78, 5) is 24.7. The van der Waals surface area contributed by atoms with Crippen LogP contribution in [0.15, 0.2) is 24.3 Å². The molecule has 1 aromatic rings. The van der Waals surface area contributed by atoms with Crippen LogP contribution >= 0.6 is 0 Å². The molecular weight excluding hydrogens is 305 g/mol. The van der Waals surface area contributed by atoms with E-state index in [0.29, 0.717) is 5.75 Å². The van der Waals surface area contributed by atoms with Gasteiger partial charge < -0.3 is 14.6 Å². The van der Waals surface area contributed by atoms with E-state index in [-0.39, 0.29) is 18.8 Å². The second kappa shape index (κ2) is 6.44. The van der Waals surface area contributed by atoms with Crippen molar-refractivity contribution in [2.24, 2.45) is 0 Å². The van der Waals surface area contributed by atoms with Crippen LogP contribution < -0.4 is 4.74 Å². The quantitative estimate of drug-likeness (QED) is 0.924. The number of nitrogens with zero attached hydrogens (tertiary/aromatic N) is 1. The van der Waals surface area contributed by atoms with Crippen molar-refractivity contribution in [2.45, 2.75) is 44.9 Å². The summed E-state index contributed by atoms with van der Waals surface area (Å²) >= 11 is 0. The maximum Gasteiger partial charge on any atom is 0.411 e. The van der Waals surface area contributed by atoms with Crippen molar-refractivity contribution in [1.29, 1.82) is 0 Å². The van der Waals surface area contributed by atoms with Crippen LogP contribution in [0.2, 0.25) is 0 Å². The van der Waals surface area contributed by atoms with Crippen molar-refractivity contribution >= 4 is 12.1 Å². The van der Waals surface area contributed by atoms with Crippen LogP contribution in [0.4, 0.5) is 9.18 Å². The van der Waals surface area contributed by atoms with Crippen LogP contribution in [0, 0.1) is 5.82 Å².